The number of aryl methyl sites for hydroxylation is 1. The van der Waals surface area contributed by atoms with Crippen molar-refractivity contribution in [2.45, 2.75) is 6.92 Å². The van der Waals surface area contributed by atoms with E-state index in [0.29, 0.717) is 0 Å². The molecule has 0 saturated heterocycles. The first-order valence-electron chi connectivity index (χ1n) is 2.97. The summed E-state index contributed by atoms with van der Waals surface area (Å²) in [5.74, 6) is 0. The van der Waals surface area contributed by atoms with Gasteiger partial charge in [-0.3, -0.25) is 0 Å². The van der Waals surface area contributed by atoms with Crippen molar-refractivity contribution in [3.8, 4) is 0 Å². The maximum atomic E-state index is 3.94. The van der Waals surface area contributed by atoms with E-state index in [-0.39, 0.29) is 0 Å². The van der Waals surface area contributed by atoms with Crippen LogP contribution in [-0.4, -0.2) is 20.3 Å². The Morgan fingerprint density at radius 1 is 1.30 bits per heavy atom. The zero-order valence-electron chi connectivity index (χ0n) is 5.66. The summed E-state index contributed by atoms with van der Waals surface area (Å²) in [5, 5.41) is 0. The first-order valence-corrected chi connectivity index (χ1v) is 3.83. The molecule has 1 nitrogen and oxygen atoms in total. The Labute approximate surface area is 68.2 Å². The van der Waals surface area contributed by atoms with Gasteiger partial charge >= 0.3 is 67.7 Å². The molecule has 0 fully saturated rings. The second kappa shape index (κ2) is 3.48. The van der Waals surface area contributed by atoms with Crippen molar-refractivity contribution < 1.29 is 0 Å². The van der Waals surface area contributed by atoms with Gasteiger partial charge in [0.05, 0.1) is 0 Å². The molecule has 0 spiro atoms. The molecule has 50 valence electrons. The first kappa shape index (κ1) is 7.43. The molecule has 0 saturated carbocycles. The fourth-order valence-electron chi connectivity index (χ4n) is 0.672. The van der Waals surface area contributed by atoms with Crippen LogP contribution in [0.4, 0.5) is 5.69 Å². The van der Waals surface area contributed by atoms with Crippen LogP contribution in [0, 0.1) is 6.92 Å². The normalized spacial score (nSPS) is 8.50. The van der Waals surface area contributed by atoms with E-state index in [4.69, 9.17) is 0 Å². The number of rotatable bonds is 1. The summed E-state index contributed by atoms with van der Waals surface area (Å²) in [5.41, 5.74) is 2.18. The summed E-state index contributed by atoms with van der Waals surface area (Å²) in [6, 6.07) is 7.96. The Morgan fingerprint density at radius 2 is 1.90 bits per heavy atom. The number of nitrogens with zero attached hydrogens (tertiary/aromatic N) is 1. The molecule has 0 heterocycles. The molecule has 1 rings (SSSR count). The van der Waals surface area contributed by atoms with Crippen LogP contribution in [0.2, 0.25) is 0 Å². The number of benzene rings is 1. The Bertz CT molecular complexity index is 257. The summed E-state index contributed by atoms with van der Waals surface area (Å²) in [6.45, 7) is 2.05. The second-order valence-corrected chi connectivity index (χ2v) is 2.42. The summed E-state index contributed by atoms with van der Waals surface area (Å²) < 4.78 is 2.60. The second-order valence-electron chi connectivity index (χ2n) is 2.04. The zero-order valence-corrected chi connectivity index (χ0v) is 7.38. The zero-order chi connectivity index (χ0) is 7.40. The van der Waals surface area contributed by atoms with Crippen LogP contribution in [-0.2, 0) is 0 Å². The van der Waals surface area contributed by atoms with Crippen LogP contribution in [0.5, 0.6) is 0 Å². The minimum absolute atomic E-state index is 0.935. The Hall–Kier alpha value is -0.681. The summed E-state index contributed by atoms with van der Waals surface area (Å²) in [6.07, 6.45) is 0. The molecule has 0 aliphatic rings. The quantitative estimate of drug-likeness (QED) is 0.478. The molecule has 0 bridgehead atoms. The first-order chi connectivity index (χ1) is 4.83. The monoisotopic (exact) mass is 197 g/mol. The Balaban J connectivity index is 3.00. The average molecular weight is 196 g/mol. The molecule has 0 aromatic heterocycles. The van der Waals surface area contributed by atoms with E-state index in [0.717, 1.165) is 5.69 Å². The van der Waals surface area contributed by atoms with Crippen LogP contribution in [0.25, 0.3) is 0 Å². The molecule has 0 aliphatic heterocycles. The van der Waals surface area contributed by atoms with Crippen LogP contribution in [0.1, 0.15) is 5.56 Å². The molecular formula is C8H7NSe. The standard InChI is InChI=1S/C8H7NSe/c1-7-2-4-8(5-3-7)9-6-10/h2-5H,1H3. The topological polar surface area (TPSA) is 12.4 Å². The van der Waals surface area contributed by atoms with E-state index in [1.807, 2.05) is 24.3 Å². The van der Waals surface area contributed by atoms with Gasteiger partial charge in [0.25, 0.3) is 0 Å². The van der Waals surface area contributed by atoms with E-state index in [1.165, 1.54) is 5.56 Å². The van der Waals surface area contributed by atoms with Crippen LogP contribution in [0.15, 0.2) is 29.3 Å². The van der Waals surface area contributed by atoms with Gasteiger partial charge in [0.1, 0.15) is 0 Å². The fourth-order valence-corrected chi connectivity index (χ4v) is 0.893. The van der Waals surface area contributed by atoms with Gasteiger partial charge in [0, 0.05) is 0 Å². The molecule has 0 radical (unpaired) electrons. The third-order valence-corrected chi connectivity index (χ3v) is 1.40. The molecule has 2 heteroatoms. The molecule has 0 aliphatic carbocycles. The predicted molar refractivity (Wildman–Crippen MR) is 44.0 cm³/mol. The van der Waals surface area contributed by atoms with Gasteiger partial charge in [-0.2, -0.15) is 0 Å². The van der Waals surface area contributed by atoms with Crippen molar-refractivity contribution in [3.63, 3.8) is 0 Å². The molecule has 1 aromatic rings. The number of aliphatic imine (C=N–C) groups is 1. The van der Waals surface area contributed by atoms with Crippen LogP contribution >= 0.6 is 0 Å². The van der Waals surface area contributed by atoms with E-state index in [1.54, 1.807) is 0 Å². The van der Waals surface area contributed by atoms with Crippen molar-refractivity contribution in [2.24, 2.45) is 4.99 Å². The minimum atomic E-state index is 0.935. The molecule has 0 atom stereocenters. The van der Waals surface area contributed by atoms with E-state index in [9.17, 15) is 0 Å². The van der Waals surface area contributed by atoms with Gasteiger partial charge in [0.2, 0.25) is 0 Å². The van der Waals surface area contributed by atoms with Crippen molar-refractivity contribution in [2.75, 3.05) is 0 Å². The summed E-state index contributed by atoms with van der Waals surface area (Å²) in [4.78, 5) is 3.94. The molecule has 1 aromatic carbocycles. The van der Waals surface area contributed by atoms with E-state index < -0.39 is 0 Å². The SMILES string of the molecule is Cc1ccc(N=C=[Se])cc1. The molecule has 0 unspecified atom stereocenters. The molecule has 0 amide bonds. The molecular weight excluding hydrogens is 189 g/mol. The van der Waals surface area contributed by atoms with Crippen molar-refractivity contribution in [1.29, 1.82) is 0 Å². The summed E-state index contributed by atoms with van der Waals surface area (Å²) >= 11 is 2.59. The predicted octanol–water partition coefficient (Wildman–Crippen LogP) is 1.70. The molecule has 10 heavy (non-hydrogen) atoms. The number of hydrogen-bond acceptors (Lipinski definition) is 1. The number of hydrogen-bond donors (Lipinski definition) is 0. The van der Waals surface area contributed by atoms with Crippen LogP contribution in [0.3, 0.4) is 0 Å². The van der Waals surface area contributed by atoms with Crippen molar-refractivity contribution >= 4 is 26.0 Å². The van der Waals surface area contributed by atoms with Crippen molar-refractivity contribution in [1.82, 2.24) is 0 Å². The fraction of sp³-hybridized carbons (Fsp3) is 0.125. The average Bonchev–Trinajstić information content (AvgIpc) is 1.95. The van der Waals surface area contributed by atoms with Gasteiger partial charge in [-0.15, -0.1) is 0 Å². The molecule has 0 N–H and O–H groups in total. The van der Waals surface area contributed by atoms with E-state index >= 15 is 0 Å². The van der Waals surface area contributed by atoms with Gasteiger partial charge < -0.3 is 0 Å². The van der Waals surface area contributed by atoms with Crippen molar-refractivity contribution in [3.05, 3.63) is 29.8 Å². The Kier molecular flexibility index (Phi) is 2.58. The van der Waals surface area contributed by atoms with Crippen LogP contribution < -0.4 is 0 Å². The maximum absolute atomic E-state index is 3.94. The Morgan fingerprint density at radius 3 is 2.40 bits per heavy atom. The van der Waals surface area contributed by atoms with Gasteiger partial charge in [-0.05, 0) is 0 Å². The third kappa shape index (κ3) is 1.93. The van der Waals surface area contributed by atoms with E-state index in [2.05, 4.69) is 32.2 Å². The van der Waals surface area contributed by atoms with Gasteiger partial charge in [0.15, 0.2) is 0 Å². The van der Waals surface area contributed by atoms with Gasteiger partial charge in [-0.25, -0.2) is 0 Å². The third-order valence-electron chi connectivity index (χ3n) is 1.21. The van der Waals surface area contributed by atoms with Gasteiger partial charge in [-0.1, -0.05) is 0 Å². The summed E-state index contributed by atoms with van der Waals surface area (Å²) in [7, 11) is 0.